The summed E-state index contributed by atoms with van der Waals surface area (Å²) in [5.74, 6) is 1.52. The van der Waals surface area contributed by atoms with Crippen molar-refractivity contribution in [3.8, 4) is 5.75 Å². The number of hydrogen-bond acceptors (Lipinski definition) is 5. The highest BCUT2D eigenvalue weighted by atomic mass is 16.7. The van der Waals surface area contributed by atoms with Gasteiger partial charge in [0.15, 0.2) is 12.6 Å². The largest absolute Gasteiger partial charge is 0.494 e. The van der Waals surface area contributed by atoms with E-state index in [-0.39, 0.29) is 18.5 Å². The molecule has 2 aliphatic heterocycles. The molecule has 1 aromatic rings. The van der Waals surface area contributed by atoms with Gasteiger partial charge in [0.2, 0.25) is 0 Å². The molecule has 2 saturated heterocycles. The van der Waals surface area contributed by atoms with Crippen LogP contribution in [0.3, 0.4) is 0 Å². The van der Waals surface area contributed by atoms with E-state index in [4.69, 9.17) is 23.7 Å². The van der Waals surface area contributed by atoms with E-state index in [0.29, 0.717) is 25.7 Å². The molecule has 5 heteroatoms. The Balaban J connectivity index is 1.40. The van der Waals surface area contributed by atoms with Crippen LogP contribution in [0.2, 0.25) is 0 Å². The molecule has 5 nitrogen and oxygen atoms in total. The molecular formula is C21H32O5. The average molecular weight is 364 g/mol. The molecule has 2 fully saturated rings. The first-order chi connectivity index (χ1) is 12.8. The standard InChI is InChI=1S/C21H32O5/c1-3-5-6-7-16-12-23-21(24-13-16)18-14-25-20(26-15-18)17-8-10-19(11-9-17)22-4-2/h8-11,16,18,20-21H,3-7,12-15H2,1-2H3. The Bertz CT molecular complexity index is 502. The summed E-state index contributed by atoms with van der Waals surface area (Å²) in [6, 6.07) is 7.88. The fourth-order valence-electron chi connectivity index (χ4n) is 3.44. The zero-order chi connectivity index (χ0) is 18.2. The van der Waals surface area contributed by atoms with Crippen LogP contribution in [0, 0.1) is 11.8 Å². The third kappa shape index (κ3) is 5.43. The van der Waals surface area contributed by atoms with E-state index in [1.54, 1.807) is 0 Å². The fraction of sp³-hybridized carbons (Fsp3) is 0.714. The lowest BCUT2D eigenvalue weighted by Gasteiger charge is -2.37. The van der Waals surface area contributed by atoms with Gasteiger partial charge in [0.05, 0.1) is 39.0 Å². The molecule has 0 unspecified atom stereocenters. The minimum absolute atomic E-state index is 0.130. The van der Waals surface area contributed by atoms with Crippen molar-refractivity contribution >= 4 is 0 Å². The SMILES string of the molecule is CCCCCC1COC(C2COC(c3ccc(OCC)cc3)OC2)OC1. The van der Waals surface area contributed by atoms with Gasteiger partial charge in [-0.25, -0.2) is 0 Å². The van der Waals surface area contributed by atoms with Crippen LogP contribution in [0.5, 0.6) is 5.75 Å². The maximum atomic E-state index is 5.95. The highest BCUT2D eigenvalue weighted by Gasteiger charge is 2.34. The van der Waals surface area contributed by atoms with Crippen molar-refractivity contribution in [2.75, 3.05) is 33.0 Å². The maximum absolute atomic E-state index is 5.95. The van der Waals surface area contributed by atoms with E-state index in [1.807, 2.05) is 31.2 Å². The summed E-state index contributed by atoms with van der Waals surface area (Å²) < 4.78 is 29.2. The Morgan fingerprint density at radius 2 is 1.58 bits per heavy atom. The summed E-state index contributed by atoms with van der Waals surface area (Å²) in [5, 5.41) is 0. The van der Waals surface area contributed by atoms with E-state index < -0.39 is 0 Å². The van der Waals surface area contributed by atoms with E-state index in [1.165, 1.54) is 25.7 Å². The second-order valence-electron chi connectivity index (χ2n) is 7.16. The number of rotatable bonds is 8. The molecule has 2 heterocycles. The van der Waals surface area contributed by atoms with Crippen molar-refractivity contribution in [2.45, 2.75) is 52.1 Å². The van der Waals surface area contributed by atoms with Gasteiger partial charge in [0.1, 0.15) is 5.75 Å². The van der Waals surface area contributed by atoms with Crippen molar-refractivity contribution in [1.29, 1.82) is 0 Å². The fourth-order valence-corrected chi connectivity index (χ4v) is 3.44. The summed E-state index contributed by atoms with van der Waals surface area (Å²) in [7, 11) is 0. The molecule has 2 aliphatic rings. The van der Waals surface area contributed by atoms with Gasteiger partial charge in [-0.1, -0.05) is 38.3 Å². The Morgan fingerprint density at radius 1 is 0.885 bits per heavy atom. The summed E-state index contributed by atoms with van der Waals surface area (Å²) in [6.45, 7) is 7.61. The van der Waals surface area contributed by atoms with Crippen LogP contribution in [0.1, 0.15) is 51.4 Å². The van der Waals surface area contributed by atoms with Crippen molar-refractivity contribution < 1.29 is 23.7 Å². The molecule has 26 heavy (non-hydrogen) atoms. The first-order valence-corrected chi connectivity index (χ1v) is 9.99. The lowest BCUT2D eigenvalue weighted by atomic mass is 10.0. The van der Waals surface area contributed by atoms with Gasteiger partial charge in [0, 0.05) is 11.5 Å². The van der Waals surface area contributed by atoms with Crippen LogP contribution in [-0.4, -0.2) is 39.3 Å². The Labute approximate surface area is 156 Å². The first kappa shape index (κ1) is 19.6. The van der Waals surface area contributed by atoms with Crippen molar-refractivity contribution in [3.05, 3.63) is 29.8 Å². The zero-order valence-electron chi connectivity index (χ0n) is 16.0. The summed E-state index contributed by atoms with van der Waals surface area (Å²) in [4.78, 5) is 0. The van der Waals surface area contributed by atoms with Crippen LogP contribution in [0.15, 0.2) is 24.3 Å². The van der Waals surface area contributed by atoms with Gasteiger partial charge < -0.3 is 23.7 Å². The number of unbranched alkanes of at least 4 members (excludes halogenated alkanes) is 2. The normalized spacial score (nSPS) is 29.5. The third-order valence-corrected chi connectivity index (χ3v) is 4.98. The van der Waals surface area contributed by atoms with Crippen LogP contribution in [0.25, 0.3) is 0 Å². The molecular weight excluding hydrogens is 332 g/mol. The van der Waals surface area contributed by atoms with Crippen LogP contribution < -0.4 is 4.74 Å². The van der Waals surface area contributed by atoms with Gasteiger partial charge in [-0.3, -0.25) is 0 Å². The summed E-state index contributed by atoms with van der Waals surface area (Å²) in [5.41, 5.74) is 1.01. The molecule has 1 aromatic carbocycles. The van der Waals surface area contributed by atoms with E-state index in [2.05, 4.69) is 6.92 Å². The van der Waals surface area contributed by atoms with Crippen LogP contribution in [0.4, 0.5) is 0 Å². The van der Waals surface area contributed by atoms with Crippen molar-refractivity contribution in [1.82, 2.24) is 0 Å². The topological polar surface area (TPSA) is 46.2 Å². The molecule has 0 spiro atoms. The molecule has 0 bridgehead atoms. The van der Waals surface area contributed by atoms with Gasteiger partial charge in [0.25, 0.3) is 0 Å². The Kier molecular flexibility index (Phi) is 7.74. The van der Waals surface area contributed by atoms with Crippen molar-refractivity contribution in [2.24, 2.45) is 11.8 Å². The smallest absolute Gasteiger partial charge is 0.183 e. The molecule has 0 aromatic heterocycles. The lowest BCUT2D eigenvalue weighted by Crippen LogP contribution is -2.43. The number of ether oxygens (including phenoxy) is 5. The van der Waals surface area contributed by atoms with Crippen LogP contribution in [-0.2, 0) is 18.9 Å². The second-order valence-corrected chi connectivity index (χ2v) is 7.16. The Hall–Kier alpha value is -1.14. The second kappa shape index (κ2) is 10.3. The highest BCUT2D eigenvalue weighted by molar-refractivity contribution is 5.28. The quantitative estimate of drug-likeness (QED) is 0.643. The molecule has 3 rings (SSSR count). The first-order valence-electron chi connectivity index (χ1n) is 9.99. The molecule has 0 atom stereocenters. The minimum Gasteiger partial charge on any atom is -0.494 e. The van der Waals surface area contributed by atoms with E-state index in [0.717, 1.165) is 24.5 Å². The van der Waals surface area contributed by atoms with E-state index >= 15 is 0 Å². The van der Waals surface area contributed by atoms with E-state index in [9.17, 15) is 0 Å². The molecule has 0 amide bonds. The number of hydrogen-bond donors (Lipinski definition) is 0. The zero-order valence-corrected chi connectivity index (χ0v) is 16.0. The Morgan fingerprint density at radius 3 is 2.19 bits per heavy atom. The van der Waals surface area contributed by atoms with Gasteiger partial charge in [-0.2, -0.15) is 0 Å². The predicted octanol–water partition coefficient (Wildman–Crippen LogP) is 4.32. The predicted molar refractivity (Wildman–Crippen MR) is 99.1 cm³/mol. The van der Waals surface area contributed by atoms with Crippen LogP contribution >= 0.6 is 0 Å². The lowest BCUT2D eigenvalue weighted by molar-refractivity contribution is -0.283. The number of benzene rings is 1. The summed E-state index contributed by atoms with van der Waals surface area (Å²) in [6.07, 6.45) is 4.46. The van der Waals surface area contributed by atoms with Gasteiger partial charge in [-0.15, -0.1) is 0 Å². The third-order valence-electron chi connectivity index (χ3n) is 4.98. The molecule has 0 N–H and O–H groups in total. The molecule has 146 valence electrons. The van der Waals surface area contributed by atoms with Gasteiger partial charge in [-0.05, 0) is 25.5 Å². The molecule has 0 saturated carbocycles. The molecule has 0 aliphatic carbocycles. The average Bonchev–Trinajstić information content (AvgIpc) is 2.70. The summed E-state index contributed by atoms with van der Waals surface area (Å²) >= 11 is 0. The molecule has 0 radical (unpaired) electrons. The minimum atomic E-state index is -0.327. The van der Waals surface area contributed by atoms with Crippen molar-refractivity contribution in [3.63, 3.8) is 0 Å². The maximum Gasteiger partial charge on any atom is 0.183 e. The monoisotopic (exact) mass is 364 g/mol. The highest BCUT2D eigenvalue weighted by Crippen LogP contribution is 2.30. The van der Waals surface area contributed by atoms with Gasteiger partial charge >= 0.3 is 0 Å².